The van der Waals surface area contributed by atoms with Gasteiger partial charge in [-0.25, -0.2) is 4.98 Å². The molecule has 13 heavy (non-hydrogen) atoms. The van der Waals surface area contributed by atoms with E-state index in [1.165, 1.54) is 0 Å². The Morgan fingerprint density at radius 1 is 1.31 bits per heavy atom. The van der Waals surface area contributed by atoms with Gasteiger partial charge in [0.1, 0.15) is 12.4 Å². The van der Waals surface area contributed by atoms with Crippen molar-refractivity contribution in [1.82, 2.24) is 14.5 Å². The molecule has 2 aromatic heterocycles. The molecule has 0 aliphatic carbocycles. The van der Waals surface area contributed by atoms with E-state index in [0.717, 1.165) is 9.52 Å². The highest BCUT2D eigenvalue weighted by atomic mass is 127. The van der Waals surface area contributed by atoms with E-state index in [1.807, 2.05) is 19.7 Å². The lowest BCUT2D eigenvalue weighted by Gasteiger charge is -1.96. The molecule has 0 aliphatic heterocycles. The fourth-order valence-electron chi connectivity index (χ4n) is 0.951. The first kappa shape index (κ1) is 9.31. The molecule has 0 atom stereocenters. The molecule has 0 aromatic carbocycles. The minimum Gasteiger partial charge on any atom is -0.252 e. The lowest BCUT2D eigenvalue weighted by Crippen LogP contribution is -2.26. The Morgan fingerprint density at radius 2 is 2.15 bits per heavy atom. The van der Waals surface area contributed by atoms with Crippen LogP contribution < -0.4 is 2.78 Å². The number of aromatic nitrogens is 4. The summed E-state index contributed by atoms with van der Waals surface area (Å²) in [5, 5.41) is 0. The summed E-state index contributed by atoms with van der Waals surface area (Å²) in [6.45, 7) is 0. The third-order valence-electron chi connectivity index (χ3n) is 1.53. The summed E-state index contributed by atoms with van der Waals surface area (Å²) < 4.78 is 5.00. The van der Waals surface area contributed by atoms with E-state index in [4.69, 9.17) is 0 Å². The summed E-state index contributed by atoms with van der Waals surface area (Å²) in [6, 6.07) is 0. The highest BCUT2D eigenvalue weighted by molar-refractivity contribution is 14.1. The maximum absolute atomic E-state index is 4.07. The first-order chi connectivity index (χ1) is 6.29. The topological polar surface area (TPSA) is 34.6 Å². The molecule has 2 heterocycles. The lowest BCUT2D eigenvalue weighted by molar-refractivity contribution is -0.435. The number of rotatable bonds is 1. The molecule has 0 saturated heterocycles. The predicted molar refractivity (Wildman–Crippen MR) is 63.7 cm³/mol. The van der Waals surface area contributed by atoms with E-state index in [2.05, 4.69) is 55.4 Å². The second-order valence-electron chi connectivity index (χ2n) is 2.33. The summed E-state index contributed by atoms with van der Waals surface area (Å²) in [7, 11) is 0. The Morgan fingerprint density at radius 3 is 2.77 bits per heavy atom. The molecule has 2 aromatic rings. The van der Waals surface area contributed by atoms with Crippen LogP contribution in [0.3, 0.4) is 0 Å². The normalized spacial score (nSPS) is 10.3. The van der Waals surface area contributed by atoms with E-state index in [0.29, 0.717) is 0 Å². The number of hydrogen-bond donors (Lipinski definition) is 0. The fourth-order valence-corrected chi connectivity index (χ4v) is 1.98. The fraction of sp³-hybridized carbons (Fsp3) is 0. The third kappa shape index (κ3) is 1.82. The minimum absolute atomic E-state index is 0.991. The van der Waals surface area contributed by atoms with E-state index in [9.17, 15) is 0 Å². The average Bonchev–Trinajstić information content (AvgIpc) is 2.52. The number of imidazole rings is 1. The van der Waals surface area contributed by atoms with Gasteiger partial charge in [-0.05, 0) is 0 Å². The maximum Gasteiger partial charge on any atom is 0.315 e. The Kier molecular flexibility index (Phi) is 2.77. The Labute approximate surface area is 103 Å². The Bertz CT molecular complexity index is 426. The van der Waals surface area contributed by atoms with Crippen molar-refractivity contribution in [2.75, 3.05) is 0 Å². The summed E-state index contributed by atoms with van der Waals surface area (Å²) in [4.78, 5) is 8.12. The van der Waals surface area contributed by atoms with Gasteiger partial charge < -0.3 is 0 Å². The molecule has 0 radical (unpaired) electrons. The van der Waals surface area contributed by atoms with Crippen LogP contribution in [0.5, 0.6) is 0 Å². The summed E-state index contributed by atoms with van der Waals surface area (Å²) in [6.07, 6.45) is 9.03. The third-order valence-corrected chi connectivity index (χ3v) is 3.15. The van der Waals surface area contributed by atoms with Crippen LogP contribution in [0.4, 0.5) is 0 Å². The van der Waals surface area contributed by atoms with Crippen molar-refractivity contribution in [3.63, 3.8) is 0 Å². The first-order valence-corrected chi connectivity index (χ1v) is 5.53. The van der Waals surface area contributed by atoms with Gasteiger partial charge in [0, 0.05) is 22.6 Å². The zero-order valence-electron chi connectivity index (χ0n) is 6.43. The first-order valence-electron chi connectivity index (χ1n) is 3.49. The van der Waals surface area contributed by atoms with Gasteiger partial charge >= 0.3 is 5.82 Å². The van der Waals surface area contributed by atoms with Crippen molar-refractivity contribution in [3.05, 3.63) is 34.8 Å². The van der Waals surface area contributed by atoms with Crippen LogP contribution in [0.15, 0.2) is 31.1 Å². The van der Waals surface area contributed by atoms with Crippen molar-refractivity contribution < 1.29 is 2.78 Å². The Hall–Kier alpha value is -0.250. The second-order valence-corrected chi connectivity index (χ2v) is 4.48. The molecule has 0 N–H and O–H groups in total. The van der Waals surface area contributed by atoms with Gasteiger partial charge in [-0.3, -0.25) is 4.98 Å². The van der Waals surface area contributed by atoms with E-state index in [1.54, 1.807) is 18.7 Å². The molecule has 0 unspecified atom stereocenters. The van der Waals surface area contributed by atoms with Crippen molar-refractivity contribution in [3.8, 4) is 5.82 Å². The molecule has 6 heteroatoms. The highest BCUT2D eigenvalue weighted by Gasteiger charge is 2.13. The van der Waals surface area contributed by atoms with E-state index >= 15 is 0 Å². The number of halogens is 2. The molecular weight excluding hydrogens is 394 g/mol. The summed E-state index contributed by atoms with van der Waals surface area (Å²) in [5.74, 6) is 0.991. The van der Waals surface area contributed by atoms with Crippen molar-refractivity contribution in [2.45, 2.75) is 0 Å². The van der Waals surface area contributed by atoms with Crippen molar-refractivity contribution >= 4 is 45.5 Å². The van der Waals surface area contributed by atoms with Crippen molar-refractivity contribution in [2.24, 2.45) is 0 Å². The standard InChI is InChI=1S/C7H5I2N4/c8-6-3-11-5-12(6)7-4-10-1-2-13(7)9/h1-5H/q+1. The molecule has 0 bridgehead atoms. The minimum atomic E-state index is 0.991. The molecule has 0 aliphatic rings. The van der Waals surface area contributed by atoms with Crippen LogP contribution >= 0.6 is 45.5 Å². The van der Waals surface area contributed by atoms with Gasteiger partial charge in [0.15, 0.2) is 10.0 Å². The number of nitrogens with zero attached hydrogens (tertiary/aromatic N) is 4. The molecule has 2 rings (SSSR count). The molecule has 4 nitrogen and oxygen atoms in total. The maximum atomic E-state index is 4.07. The lowest BCUT2D eigenvalue weighted by atomic mass is 10.6. The van der Waals surface area contributed by atoms with Crippen LogP contribution in [0, 0.1) is 3.70 Å². The SMILES string of the molecule is Ic1cncn1-c1cncc[n+]1I. The molecular formula is C7H5I2N4+. The van der Waals surface area contributed by atoms with Gasteiger partial charge in [-0.15, -0.1) is 0 Å². The van der Waals surface area contributed by atoms with Crippen LogP contribution in [-0.4, -0.2) is 14.5 Å². The monoisotopic (exact) mass is 399 g/mol. The van der Waals surface area contributed by atoms with Gasteiger partial charge in [0.05, 0.1) is 12.4 Å². The molecule has 66 valence electrons. The summed E-state index contributed by atoms with van der Waals surface area (Å²) >= 11 is 4.43. The van der Waals surface area contributed by atoms with Crippen LogP contribution in [-0.2, 0) is 0 Å². The largest absolute Gasteiger partial charge is 0.315 e. The highest BCUT2D eigenvalue weighted by Crippen LogP contribution is 2.08. The van der Waals surface area contributed by atoms with E-state index < -0.39 is 0 Å². The van der Waals surface area contributed by atoms with E-state index in [-0.39, 0.29) is 0 Å². The van der Waals surface area contributed by atoms with Crippen LogP contribution in [0.2, 0.25) is 0 Å². The Balaban J connectivity index is 2.59. The zero-order valence-corrected chi connectivity index (χ0v) is 10.7. The molecule has 0 amide bonds. The molecule has 0 saturated carbocycles. The summed E-state index contributed by atoms with van der Waals surface area (Å²) in [5.41, 5.74) is 0. The number of hydrogen-bond acceptors (Lipinski definition) is 2. The van der Waals surface area contributed by atoms with Gasteiger partial charge in [0.2, 0.25) is 22.9 Å². The average molecular weight is 399 g/mol. The molecule has 0 spiro atoms. The molecule has 0 fully saturated rings. The van der Waals surface area contributed by atoms with Crippen LogP contribution in [0.25, 0.3) is 5.82 Å². The smallest absolute Gasteiger partial charge is 0.252 e. The van der Waals surface area contributed by atoms with Crippen LogP contribution in [0.1, 0.15) is 0 Å². The zero-order chi connectivity index (χ0) is 9.26. The quantitative estimate of drug-likeness (QED) is 0.680. The van der Waals surface area contributed by atoms with Crippen molar-refractivity contribution in [1.29, 1.82) is 0 Å². The van der Waals surface area contributed by atoms with Gasteiger partial charge in [-0.2, -0.15) is 7.35 Å². The van der Waals surface area contributed by atoms with Gasteiger partial charge in [0.25, 0.3) is 0 Å². The predicted octanol–water partition coefficient (Wildman–Crippen LogP) is 1.36. The second kappa shape index (κ2) is 3.86. The van der Waals surface area contributed by atoms with Gasteiger partial charge in [-0.1, -0.05) is 0 Å².